The van der Waals surface area contributed by atoms with Crippen molar-refractivity contribution in [2.24, 2.45) is 0 Å². The summed E-state index contributed by atoms with van der Waals surface area (Å²) in [6.45, 7) is 0. The van der Waals surface area contributed by atoms with E-state index in [1.807, 2.05) is 18.2 Å². The maximum atomic E-state index is 11.1. The number of carboxylic acid groups (broad SMARTS) is 1. The number of hydrogen-bond acceptors (Lipinski definition) is 4. The van der Waals surface area contributed by atoms with Crippen molar-refractivity contribution in [1.82, 2.24) is 5.32 Å². The molecule has 110 valence electrons. The number of methoxy groups -OCH3 is 1. The number of rotatable bonds is 3. The molecule has 0 aromatic heterocycles. The Morgan fingerprint density at radius 3 is 2.81 bits per heavy atom. The van der Waals surface area contributed by atoms with Gasteiger partial charge in [-0.25, -0.2) is 0 Å². The van der Waals surface area contributed by atoms with E-state index in [-0.39, 0.29) is 5.37 Å². The lowest BCUT2D eigenvalue weighted by Crippen LogP contribution is -2.41. The van der Waals surface area contributed by atoms with Gasteiger partial charge in [0.2, 0.25) is 0 Å². The van der Waals surface area contributed by atoms with E-state index < -0.39 is 12.0 Å². The van der Waals surface area contributed by atoms with Crippen LogP contribution in [0.2, 0.25) is 0 Å². The van der Waals surface area contributed by atoms with Crippen LogP contribution in [0, 0.1) is 0 Å². The van der Waals surface area contributed by atoms with Crippen molar-refractivity contribution in [1.29, 1.82) is 0 Å². The largest absolute Gasteiger partial charge is 0.497 e. The lowest BCUT2D eigenvalue weighted by molar-refractivity contribution is -0.139. The van der Waals surface area contributed by atoms with Gasteiger partial charge < -0.3 is 9.84 Å². The van der Waals surface area contributed by atoms with Crippen molar-refractivity contribution >= 4 is 28.5 Å². The summed E-state index contributed by atoms with van der Waals surface area (Å²) in [6.07, 6.45) is 0.668. The third-order valence-corrected chi connectivity index (χ3v) is 4.93. The van der Waals surface area contributed by atoms with Crippen LogP contribution in [0.15, 0.2) is 36.4 Å². The minimum atomic E-state index is -0.772. The first-order chi connectivity index (χ1) is 10.2. The lowest BCUT2D eigenvalue weighted by Gasteiger charge is -2.28. The summed E-state index contributed by atoms with van der Waals surface area (Å²) in [7, 11) is 1.66. The highest BCUT2D eigenvalue weighted by Crippen LogP contribution is 2.33. The molecule has 4 nitrogen and oxygen atoms in total. The van der Waals surface area contributed by atoms with Crippen LogP contribution < -0.4 is 10.1 Å². The Morgan fingerprint density at radius 1 is 1.29 bits per heavy atom. The van der Waals surface area contributed by atoms with Crippen molar-refractivity contribution in [3.63, 3.8) is 0 Å². The summed E-state index contributed by atoms with van der Waals surface area (Å²) in [6, 6.07) is 11.7. The molecule has 21 heavy (non-hydrogen) atoms. The molecule has 1 heterocycles. The Bertz CT molecular complexity index is 674. The van der Waals surface area contributed by atoms with Gasteiger partial charge in [-0.2, -0.15) is 0 Å². The molecule has 1 aliphatic rings. The summed E-state index contributed by atoms with van der Waals surface area (Å²) in [5.41, 5.74) is 1.11. The van der Waals surface area contributed by atoms with Crippen LogP contribution in [0.5, 0.6) is 5.75 Å². The van der Waals surface area contributed by atoms with Gasteiger partial charge in [0.25, 0.3) is 0 Å². The van der Waals surface area contributed by atoms with Crippen LogP contribution in [0.25, 0.3) is 10.8 Å². The van der Waals surface area contributed by atoms with Crippen LogP contribution >= 0.6 is 11.8 Å². The number of carboxylic acids is 1. The first-order valence-corrected chi connectivity index (χ1v) is 7.90. The van der Waals surface area contributed by atoms with Crippen molar-refractivity contribution in [3.8, 4) is 5.75 Å². The molecule has 2 aromatic rings. The maximum Gasteiger partial charge on any atom is 0.320 e. The second-order valence-electron chi connectivity index (χ2n) is 5.07. The predicted molar refractivity (Wildman–Crippen MR) is 84.9 cm³/mol. The third-order valence-electron chi connectivity index (χ3n) is 3.72. The Kier molecular flexibility index (Phi) is 4.03. The van der Waals surface area contributed by atoms with Gasteiger partial charge in [0.05, 0.1) is 12.5 Å². The Labute approximate surface area is 127 Å². The second-order valence-corrected chi connectivity index (χ2v) is 6.28. The molecule has 0 aliphatic carbocycles. The first kappa shape index (κ1) is 14.2. The SMILES string of the molecule is COc1ccc2cc(C3NC(C(=O)O)CCS3)ccc2c1. The second kappa shape index (κ2) is 5.95. The minimum absolute atomic E-state index is 0.0337. The average Bonchev–Trinajstić information content (AvgIpc) is 2.54. The number of hydrogen-bond donors (Lipinski definition) is 2. The minimum Gasteiger partial charge on any atom is -0.497 e. The Morgan fingerprint density at radius 2 is 2.05 bits per heavy atom. The Balaban J connectivity index is 1.88. The summed E-state index contributed by atoms with van der Waals surface area (Å²) < 4.78 is 5.23. The summed E-state index contributed by atoms with van der Waals surface area (Å²) in [5, 5.41) is 14.6. The normalized spacial score (nSPS) is 22.1. The van der Waals surface area contributed by atoms with Gasteiger partial charge in [-0.3, -0.25) is 10.1 Å². The van der Waals surface area contributed by atoms with Gasteiger partial charge in [-0.05, 0) is 46.7 Å². The molecule has 2 unspecified atom stereocenters. The van der Waals surface area contributed by atoms with Crippen molar-refractivity contribution in [2.45, 2.75) is 17.8 Å². The molecule has 0 amide bonds. The van der Waals surface area contributed by atoms with Crippen molar-refractivity contribution < 1.29 is 14.6 Å². The van der Waals surface area contributed by atoms with Crippen LogP contribution in [0.1, 0.15) is 17.4 Å². The molecule has 3 rings (SSSR count). The number of aliphatic carboxylic acids is 1. The van der Waals surface area contributed by atoms with E-state index in [2.05, 4.69) is 23.5 Å². The standard InChI is InChI=1S/C16H17NO3S/c1-20-13-5-4-10-8-12(3-2-11(10)9-13)15-17-14(16(18)19)6-7-21-15/h2-5,8-9,14-15,17H,6-7H2,1H3,(H,18,19). The van der Waals surface area contributed by atoms with Crippen LogP contribution in [0.4, 0.5) is 0 Å². The smallest absolute Gasteiger partial charge is 0.320 e. The zero-order valence-corrected chi connectivity index (χ0v) is 12.5. The highest BCUT2D eigenvalue weighted by Gasteiger charge is 2.27. The van der Waals surface area contributed by atoms with E-state index in [1.165, 1.54) is 0 Å². The molecule has 2 N–H and O–H groups in total. The maximum absolute atomic E-state index is 11.1. The summed E-state index contributed by atoms with van der Waals surface area (Å²) in [5.74, 6) is 0.923. The van der Waals surface area contributed by atoms with Crippen LogP contribution in [-0.4, -0.2) is 30.0 Å². The van der Waals surface area contributed by atoms with Crippen molar-refractivity contribution in [2.75, 3.05) is 12.9 Å². The van der Waals surface area contributed by atoms with Gasteiger partial charge >= 0.3 is 5.97 Å². The van der Waals surface area contributed by atoms with Gasteiger partial charge in [0.1, 0.15) is 11.8 Å². The topological polar surface area (TPSA) is 58.6 Å². The molecular formula is C16H17NO3S. The van der Waals surface area contributed by atoms with Gasteiger partial charge in [0, 0.05) is 0 Å². The third kappa shape index (κ3) is 2.99. The molecule has 5 heteroatoms. The van der Waals surface area contributed by atoms with E-state index in [0.717, 1.165) is 27.8 Å². The molecule has 0 spiro atoms. The number of benzene rings is 2. The zero-order valence-electron chi connectivity index (χ0n) is 11.7. The van der Waals surface area contributed by atoms with Crippen molar-refractivity contribution in [3.05, 3.63) is 42.0 Å². The van der Waals surface area contributed by atoms with E-state index in [4.69, 9.17) is 9.84 Å². The molecule has 2 aromatic carbocycles. The predicted octanol–water partition coefficient (Wildman–Crippen LogP) is 3.03. The molecule has 0 radical (unpaired) electrons. The van der Waals surface area contributed by atoms with Gasteiger partial charge in [-0.15, -0.1) is 11.8 Å². The zero-order chi connectivity index (χ0) is 14.8. The number of nitrogens with one attached hydrogen (secondary N) is 1. The number of thioether (sulfide) groups is 1. The molecular weight excluding hydrogens is 286 g/mol. The molecule has 0 bridgehead atoms. The molecule has 2 atom stereocenters. The summed E-state index contributed by atoms with van der Waals surface area (Å²) >= 11 is 1.75. The molecule has 0 saturated carbocycles. The van der Waals surface area contributed by atoms with E-state index in [0.29, 0.717) is 6.42 Å². The molecule has 1 fully saturated rings. The Hall–Kier alpha value is -1.72. The van der Waals surface area contributed by atoms with Gasteiger partial charge in [-0.1, -0.05) is 18.2 Å². The van der Waals surface area contributed by atoms with E-state index in [9.17, 15) is 4.79 Å². The fourth-order valence-corrected chi connectivity index (χ4v) is 3.74. The van der Waals surface area contributed by atoms with Crippen LogP contribution in [-0.2, 0) is 4.79 Å². The number of fused-ring (bicyclic) bond motifs is 1. The number of ether oxygens (including phenoxy) is 1. The highest BCUT2D eigenvalue weighted by molar-refractivity contribution is 7.99. The lowest BCUT2D eigenvalue weighted by atomic mass is 10.1. The monoisotopic (exact) mass is 303 g/mol. The molecule has 1 saturated heterocycles. The van der Waals surface area contributed by atoms with E-state index >= 15 is 0 Å². The highest BCUT2D eigenvalue weighted by atomic mass is 32.2. The first-order valence-electron chi connectivity index (χ1n) is 6.85. The average molecular weight is 303 g/mol. The summed E-state index contributed by atoms with van der Waals surface area (Å²) in [4.78, 5) is 11.1. The fourth-order valence-electron chi connectivity index (χ4n) is 2.54. The van der Waals surface area contributed by atoms with Gasteiger partial charge in [0.15, 0.2) is 0 Å². The van der Waals surface area contributed by atoms with Crippen LogP contribution in [0.3, 0.4) is 0 Å². The molecule has 1 aliphatic heterocycles. The quantitative estimate of drug-likeness (QED) is 0.913. The van der Waals surface area contributed by atoms with E-state index in [1.54, 1.807) is 18.9 Å². The fraction of sp³-hybridized carbons (Fsp3) is 0.312. The number of carbonyl (C=O) groups is 1.